The Morgan fingerprint density at radius 2 is 1.64 bits per heavy atom. The number of thioether (sulfide) groups is 1. The summed E-state index contributed by atoms with van der Waals surface area (Å²) in [5.74, 6) is -0.110. The zero-order valence-corrected chi connectivity index (χ0v) is 19.6. The van der Waals surface area contributed by atoms with Gasteiger partial charge < -0.3 is 10.4 Å². The van der Waals surface area contributed by atoms with Crippen molar-refractivity contribution in [3.05, 3.63) is 45.5 Å². The highest BCUT2D eigenvalue weighted by molar-refractivity contribution is 8.02. The number of ketones is 1. The molecule has 0 amide bonds. The zero-order chi connectivity index (χ0) is 21.3. The normalized spacial score (nSPS) is 23.9. The number of hydrogen-bond acceptors (Lipinski definition) is 4. The van der Waals surface area contributed by atoms with Crippen LogP contribution in [0.25, 0.3) is 0 Å². The van der Waals surface area contributed by atoms with Gasteiger partial charge in [0.15, 0.2) is 5.78 Å². The Morgan fingerprint density at radius 3 is 2.18 bits per heavy atom. The van der Waals surface area contributed by atoms with Gasteiger partial charge in [-0.05, 0) is 66.1 Å². The number of aliphatic hydroxyl groups excluding tert-OH is 1. The molecule has 0 spiro atoms. The summed E-state index contributed by atoms with van der Waals surface area (Å²) in [6, 6.07) is 0. The van der Waals surface area contributed by atoms with Crippen LogP contribution >= 0.6 is 11.8 Å². The first-order chi connectivity index (χ1) is 13.2. The average molecular weight is 406 g/mol. The third-order valence-electron chi connectivity index (χ3n) is 5.55. The highest BCUT2D eigenvalue weighted by Crippen LogP contribution is 2.38. The van der Waals surface area contributed by atoms with Gasteiger partial charge in [0.2, 0.25) is 0 Å². The predicted molar refractivity (Wildman–Crippen MR) is 123 cm³/mol. The largest absolute Gasteiger partial charge is 0.387 e. The van der Waals surface area contributed by atoms with Crippen LogP contribution in [0.4, 0.5) is 0 Å². The molecule has 0 bridgehead atoms. The van der Waals surface area contributed by atoms with Crippen molar-refractivity contribution in [2.75, 3.05) is 13.3 Å². The van der Waals surface area contributed by atoms with Gasteiger partial charge in [-0.25, -0.2) is 0 Å². The van der Waals surface area contributed by atoms with Gasteiger partial charge in [-0.3, -0.25) is 4.79 Å². The smallest absolute Gasteiger partial charge is 0.182 e. The molecule has 2 N–H and O–H groups in total. The van der Waals surface area contributed by atoms with Crippen molar-refractivity contribution >= 4 is 17.5 Å². The van der Waals surface area contributed by atoms with Crippen molar-refractivity contribution in [1.29, 1.82) is 0 Å². The quantitative estimate of drug-likeness (QED) is 0.452. The molecule has 1 rings (SSSR count). The van der Waals surface area contributed by atoms with Crippen LogP contribution in [0.3, 0.4) is 0 Å². The lowest BCUT2D eigenvalue weighted by Gasteiger charge is -2.34. The van der Waals surface area contributed by atoms with Crippen LogP contribution in [0.15, 0.2) is 45.5 Å². The Bertz CT molecular complexity index is 654. The Balaban J connectivity index is 2.64. The lowest BCUT2D eigenvalue weighted by atomic mass is 9.77. The summed E-state index contributed by atoms with van der Waals surface area (Å²) in [7, 11) is 1.75. The Labute approximate surface area is 176 Å². The molecular weight excluding hydrogens is 366 g/mol. The lowest BCUT2D eigenvalue weighted by molar-refractivity contribution is -0.123. The highest BCUT2D eigenvalue weighted by atomic mass is 32.2. The second kappa shape index (κ2) is 12.3. The van der Waals surface area contributed by atoms with E-state index in [9.17, 15) is 9.90 Å². The summed E-state index contributed by atoms with van der Waals surface area (Å²) in [5, 5.41) is 13.8. The first-order valence-corrected chi connectivity index (χ1v) is 11.6. The van der Waals surface area contributed by atoms with E-state index in [0.29, 0.717) is 5.70 Å². The lowest BCUT2D eigenvalue weighted by Crippen LogP contribution is -2.41. The van der Waals surface area contributed by atoms with E-state index in [2.05, 4.69) is 51.2 Å². The number of carbonyl (C=O) groups is 1. The van der Waals surface area contributed by atoms with Crippen molar-refractivity contribution < 1.29 is 9.90 Å². The van der Waals surface area contributed by atoms with Gasteiger partial charge in [-0.1, -0.05) is 41.9 Å². The number of allylic oxidation sites excluding steroid dienone is 7. The fourth-order valence-electron chi connectivity index (χ4n) is 3.64. The standard InChI is InChI=1S/C24H39NO2S/c1-16(2)10-8-11-17(3)12-9-13-18(4)14-15-20-19(5)22(26)21(25-6)24(28-7)23(20)27/h10,12,14,19-20,23,25,27H,8-9,11,13,15H2,1-7H3/b17-12+,18-14+. The SMILES string of the molecule is CNC1=C(SC)C(O)C(C/C=C(\C)CC/C=C(\C)CCC=C(C)C)C(C)C1=O. The Hall–Kier alpha value is -1.26. The van der Waals surface area contributed by atoms with Crippen molar-refractivity contribution in [2.45, 2.75) is 72.8 Å². The molecule has 0 fully saturated rings. The number of nitrogens with one attached hydrogen (secondary N) is 1. The van der Waals surface area contributed by atoms with Gasteiger partial charge >= 0.3 is 0 Å². The second-order valence-electron chi connectivity index (χ2n) is 8.15. The van der Waals surface area contributed by atoms with E-state index >= 15 is 0 Å². The van der Waals surface area contributed by atoms with Crippen LogP contribution in [-0.4, -0.2) is 30.3 Å². The molecular formula is C24H39NO2S. The summed E-state index contributed by atoms with van der Waals surface area (Å²) >= 11 is 1.47. The molecule has 3 unspecified atom stereocenters. The zero-order valence-electron chi connectivity index (χ0n) is 18.8. The highest BCUT2D eigenvalue weighted by Gasteiger charge is 2.39. The van der Waals surface area contributed by atoms with E-state index in [4.69, 9.17) is 0 Å². The third-order valence-corrected chi connectivity index (χ3v) is 6.44. The summed E-state index contributed by atoms with van der Waals surface area (Å²) in [4.78, 5) is 13.4. The summed E-state index contributed by atoms with van der Waals surface area (Å²) < 4.78 is 0. The number of hydrogen-bond donors (Lipinski definition) is 2. The predicted octanol–water partition coefficient (Wildman–Crippen LogP) is 5.79. The monoisotopic (exact) mass is 405 g/mol. The van der Waals surface area contributed by atoms with Crippen molar-refractivity contribution in [3.8, 4) is 0 Å². The van der Waals surface area contributed by atoms with Gasteiger partial charge in [0, 0.05) is 23.8 Å². The van der Waals surface area contributed by atoms with Crippen LogP contribution in [0.1, 0.15) is 66.7 Å². The molecule has 0 aromatic rings. The van der Waals surface area contributed by atoms with Crippen LogP contribution in [0, 0.1) is 11.8 Å². The minimum absolute atomic E-state index is 0.0525. The van der Waals surface area contributed by atoms with Gasteiger partial charge in [-0.15, -0.1) is 11.8 Å². The van der Waals surface area contributed by atoms with Gasteiger partial charge in [0.25, 0.3) is 0 Å². The molecule has 0 radical (unpaired) electrons. The third kappa shape index (κ3) is 7.29. The molecule has 3 atom stereocenters. The fraction of sp³-hybridized carbons (Fsp3) is 0.625. The molecule has 0 saturated carbocycles. The molecule has 0 heterocycles. The number of carbonyl (C=O) groups excluding carboxylic acids is 1. The van der Waals surface area contributed by atoms with E-state index in [1.165, 1.54) is 28.5 Å². The van der Waals surface area contributed by atoms with Gasteiger partial charge in [-0.2, -0.15) is 0 Å². The van der Waals surface area contributed by atoms with E-state index in [1.807, 2.05) is 13.2 Å². The van der Waals surface area contributed by atoms with Crippen LogP contribution < -0.4 is 5.32 Å². The molecule has 0 aromatic carbocycles. The molecule has 1 aliphatic carbocycles. The summed E-state index contributed by atoms with van der Waals surface area (Å²) in [6.45, 7) is 10.6. The second-order valence-corrected chi connectivity index (χ2v) is 9.00. The number of aliphatic hydroxyl groups is 1. The molecule has 0 aliphatic heterocycles. The number of Topliss-reactive ketones (excluding diaryl/α,β-unsaturated/α-hetero) is 1. The molecule has 158 valence electrons. The van der Waals surface area contributed by atoms with E-state index in [0.717, 1.165) is 37.0 Å². The van der Waals surface area contributed by atoms with Crippen LogP contribution in [0.2, 0.25) is 0 Å². The maximum absolute atomic E-state index is 12.6. The first kappa shape index (κ1) is 24.8. The Morgan fingerprint density at radius 1 is 1.07 bits per heavy atom. The van der Waals surface area contributed by atoms with Gasteiger partial charge in [0.1, 0.15) is 0 Å². The minimum atomic E-state index is -0.577. The van der Waals surface area contributed by atoms with Gasteiger partial charge in [0.05, 0.1) is 11.8 Å². The Kier molecular flexibility index (Phi) is 10.9. The molecule has 28 heavy (non-hydrogen) atoms. The van der Waals surface area contributed by atoms with Crippen molar-refractivity contribution in [2.24, 2.45) is 11.8 Å². The minimum Gasteiger partial charge on any atom is -0.387 e. The van der Waals surface area contributed by atoms with Crippen molar-refractivity contribution in [1.82, 2.24) is 5.32 Å². The summed E-state index contributed by atoms with van der Waals surface area (Å²) in [6.07, 6.45) is 13.2. The number of likely N-dealkylation sites (N-methyl/N-ethyl adjacent to an activating group) is 1. The fourth-order valence-corrected chi connectivity index (χ4v) is 4.46. The maximum atomic E-state index is 12.6. The number of rotatable bonds is 10. The molecule has 3 nitrogen and oxygen atoms in total. The topological polar surface area (TPSA) is 49.3 Å². The first-order valence-electron chi connectivity index (χ1n) is 10.4. The van der Waals surface area contributed by atoms with E-state index in [-0.39, 0.29) is 17.6 Å². The molecule has 4 heteroatoms. The van der Waals surface area contributed by atoms with Crippen molar-refractivity contribution in [3.63, 3.8) is 0 Å². The molecule has 1 aliphatic rings. The van der Waals surface area contributed by atoms with E-state index < -0.39 is 6.10 Å². The average Bonchev–Trinajstić information content (AvgIpc) is 2.64. The van der Waals surface area contributed by atoms with Crippen LogP contribution in [-0.2, 0) is 4.79 Å². The molecule has 0 aromatic heterocycles. The summed E-state index contributed by atoms with van der Waals surface area (Å²) in [5.41, 5.74) is 4.74. The molecule has 0 saturated heterocycles. The van der Waals surface area contributed by atoms with Crippen LogP contribution in [0.5, 0.6) is 0 Å². The maximum Gasteiger partial charge on any atom is 0.182 e. The van der Waals surface area contributed by atoms with E-state index in [1.54, 1.807) is 7.05 Å².